The number of rotatable bonds is 3. The van der Waals surface area contributed by atoms with E-state index in [0.717, 1.165) is 16.7 Å². The molecule has 152 valence electrons. The van der Waals surface area contributed by atoms with Crippen molar-refractivity contribution in [2.75, 3.05) is 0 Å². The smallest absolute Gasteiger partial charge is 0.180 e. The van der Waals surface area contributed by atoms with Crippen molar-refractivity contribution in [3.8, 4) is 28.8 Å². The van der Waals surface area contributed by atoms with Crippen molar-refractivity contribution in [1.29, 1.82) is 0 Å². The fourth-order valence-corrected chi connectivity index (χ4v) is 3.73. The zero-order valence-electron chi connectivity index (χ0n) is 16.8. The third-order valence-electron chi connectivity index (χ3n) is 4.59. The Morgan fingerprint density at radius 2 is 1.72 bits per heavy atom. The molecule has 0 aliphatic heterocycles. The van der Waals surface area contributed by atoms with Crippen LogP contribution in [0.25, 0.3) is 11.3 Å². The number of sulfone groups is 1. The molecule has 1 N–H and O–H groups in total. The first-order chi connectivity index (χ1) is 13.7. The summed E-state index contributed by atoms with van der Waals surface area (Å²) in [4.78, 5) is 9.25. The molecule has 3 rings (SSSR count). The van der Waals surface area contributed by atoms with Crippen LogP contribution in [-0.2, 0) is 9.84 Å². The highest BCUT2D eigenvalue weighted by Gasteiger charge is 2.19. The van der Waals surface area contributed by atoms with E-state index in [-0.39, 0.29) is 13.5 Å². The van der Waals surface area contributed by atoms with Crippen LogP contribution in [0.15, 0.2) is 53.6 Å². The van der Waals surface area contributed by atoms with E-state index in [0.29, 0.717) is 17.1 Å². The van der Waals surface area contributed by atoms with Crippen molar-refractivity contribution in [3.05, 3.63) is 71.2 Å². The molecular weight excluding hydrogens is 384 g/mol. The predicted molar refractivity (Wildman–Crippen MR) is 118 cm³/mol. The van der Waals surface area contributed by atoms with Gasteiger partial charge in [-0.25, -0.2) is 13.4 Å². The molecule has 6 heteroatoms. The molecule has 2 aromatic carbocycles. The van der Waals surface area contributed by atoms with Gasteiger partial charge in [0.25, 0.3) is 0 Å². The van der Waals surface area contributed by atoms with Gasteiger partial charge in [-0.3, -0.25) is 4.98 Å². The highest BCUT2D eigenvalue weighted by Crippen LogP contribution is 2.22. The van der Waals surface area contributed by atoms with Crippen molar-refractivity contribution >= 4 is 9.84 Å². The van der Waals surface area contributed by atoms with E-state index in [2.05, 4.69) is 21.8 Å². The van der Waals surface area contributed by atoms with Crippen molar-refractivity contribution in [3.63, 3.8) is 0 Å². The van der Waals surface area contributed by atoms with Gasteiger partial charge in [-0.2, -0.15) is 0 Å². The molecule has 0 fully saturated rings. The van der Waals surface area contributed by atoms with E-state index in [4.69, 9.17) is 0 Å². The van der Waals surface area contributed by atoms with Crippen LogP contribution in [0.3, 0.4) is 0 Å². The zero-order chi connectivity index (χ0) is 21.2. The maximum absolute atomic E-state index is 12.3. The van der Waals surface area contributed by atoms with Crippen molar-refractivity contribution in [2.45, 2.75) is 37.8 Å². The summed E-state index contributed by atoms with van der Waals surface area (Å²) >= 11 is 0. The molecule has 0 amide bonds. The Kier molecular flexibility index (Phi) is 5.71. The first kappa shape index (κ1) is 20.6. The molecule has 0 aliphatic rings. The third kappa shape index (κ3) is 4.47. The lowest BCUT2D eigenvalue weighted by atomic mass is 10.1. The summed E-state index contributed by atoms with van der Waals surface area (Å²) in [5.74, 6) is 6.23. The fraction of sp³-hybridized carbons (Fsp3) is 0.217. The van der Waals surface area contributed by atoms with Gasteiger partial charge in [0.2, 0.25) is 0 Å². The van der Waals surface area contributed by atoms with Crippen LogP contribution < -0.4 is 0 Å². The Bertz CT molecular complexity index is 1230. The molecule has 0 saturated carbocycles. The molecular formula is C23H26N2O3S. The Labute approximate surface area is 174 Å². The van der Waals surface area contributed by atoms with E-state index < -0.39 is 15.1 Å². The van der Waals surface area contributed by atoms with Crippen LogP contribution in [0, 0.1) is 25.7 Å². The Morgan fingerprint density at radius 1 is 1.03 bits per heavy atom. The Morgan fingerprint density at radius 3 is 2.38 bits per heavy atom. The van der Waals surface area contributed by atoms with Gasteiger partial charge in [0, 0.05) is 14.0 Å². The number of hydrogen-bond donors (Lipinski definition) is 1. The van der Waals surface area contributed by atoms with Crippen LogP contribution in [0.4, 0.5) is 0 Å². The average Bonchev–Trinajstić information content (AvgIpc) is 2.69. The predicted octanol–water partition coefficient (Wildman–Crippen LogP) is 4.54. The highest BCUT2D eigenvalue weighted by molar-refractivity contribution is 7.92. The number of aryl methyl sites for hydroxylation is 2. The minimum Gasteiger partial charge on any atom is -0.508 e. The lowest BCUT2D eigenvalue weighted by Gasteiger charge is -2.09. The first-order valence-corrected chi connectivity index (χ1v) is 10.7. The number of phenolic OH excluding ortho intramolecular Hbond substituents is 1. The summed E-state index contributed by atoms with van der Waals surface area (Å²) in [5.41, 5.74) is 4.28. The second kappa shape index (κ2) is 8.06. The molecule has 0 unspecified atom stereocenters. The zero-order valence-corrected chi connectivity index (χ0v) is 17.6. The normalized spacial score (nSPS) is 11.2. The molecule has 29 heavy (non-hydrogen) atoms. The molecule has 1 heterocycles. The minimum atomic E-state index is -3.32. The number of nitrogens with zero attached hydrogens (tertiary/aromatic N) is 2. The number of aromatic nitrogens is 2. The third-order valence-corrected chi connectivity index (χ3v) is 6.76. The van der Waals surface area contributed by atoms with E-state index in [1.807, 2.05) is 13.8 Å². The first-order valence-electron chi connectivity index (χ1n) is 9.18. The summed E-state index contributed by atoms with van der Waals surface area (Å²) in [6.45, 7) is 7.07. The van der Waals surface area contributed by atoms with E-state index in [1.54, 1.807) is 62.5 Å². The molecule has 0 spiro atoms. The van der Waals surface area contributed by atoms with Gasteiger partial charge < -0.3 is 5.11 Å². The molecule has 3 aromatic rings. The van der Waals surface area contributed by atoms with Crippen LogP contribution in [-0.4, -0.2) is 28.7 Å². The molecule has 0 aliphatic carbocycles. The number of benzene rings is 2. The van der Waals surface area contributed by atoms with Gasteiger partial charge in [-0.05, 0) is 63.4 Å². The molecule has 1 aromatic heterocycles. The average molecular weight is 411 g/mol. The van der Waals surface area contributed by atoms with Gasteiger partial charge in [0.05, 0.1) is 27.7 Å². The topological polar surface area (TPSA) is 80.2 Å². The van der Waals surface area contributed by atoms with Gasteiger partial charge >= 0.3 is 0 Å². The van der Waals surface area contributed by atoms with Crippen molar-refractivity contribution in [2.24, 2.45) is 0 Å². The van der Waals surface area contributed by atoms with Crippen LogP contribution in [0.2, 0.25) is 0 Å². The highest BCUT2D eigenvalue weighted by atomic mass is 32.2. The summed E-state index contributed by atoms with van der Waals surface area (Å²) in [6, 6.07) is 11.7. The second-order valence-corrected chi connectivity index (χ2v) is 9.56. The van der Waals surface area contributed by atoms with Gasteiger partial charge in [0.15, 0.2) is 9.84 Å². The van der Waals surface area contributed by atoms with Crippen LogP contribution in [0.1, 0.15) is 39.2 Å². The van der Waals surface area contributed by atoms with Crippen molar-refractivity contribution in [1.82, 2.24) is 9.97 Å². The second-order valence-electron chi connectivity index (χ2n) is 7.06. The van der Waals surface area contributed by atoms with Gasteiger partial charge in [0.1, 0.15) is 11.4 Å². The summed E-state index contributed by atoms with van der Waals surface area (Å²) in [7, 11) is -3.32. The lowest BCUT2D eigenvalue weighted by molar-refractivity contribution is 0.475. The molecule has 0 saturated heterocycles. The van der Waals surface area contributed by atoms with E-state index in [1.165, 1.54) is 0 Å². The SMILES string of the molecule is Cc1ccc(O)cc1C#Cc1nc(-c2ccc(S(=O)(=O)C(C)C)cc2)cnc1C.[HH].[HH]. The minimum absolute atomic E-state index is 0. The van der Waals surface area contributed by atoms with Crippen molar-refractivity contribution < 1.29 is 16.4 Å². The summed E-state index contributed by atoms with van der Waals surface area (Å²) in [6.07, 6.45) is 1.64. The Hall–Kier alpha value is -3.17. The molecule has 5 nitrogen and oxygen atoms in total. The number of aromatic hydroxyl groups is 1. The standard InChI is InChI=1S/C23H22N2O3S.2H2/c1-15(2)29(27,28)21-10-6-18(7-11-21)23-14-24-17(4)22(25-23)12-8-19-13-20(26)9-5-16(19)3;;/h5-7,9-11,13-15,26H,1-4H3;2*1H. The molecule has 0 bridgehead atoms. The number of hydrogen-bond acceptors (Lipinski definition) is 5. The quantitative estimate of drug-likeness (QED) is 0.641. The fourth-order valence-electron chi connectivity index (χ4n) is 2.67. The largest absolute Gasteiger partial charge is 0.508 e. The van der Waals surface area contributed by atoms with E-state index >= 15 is 0 Å². The molecule has 0 radical (unpaired) electrons. The maximum Gasteiger partial charge on any atom is 0.180 e. The summed E-state index contributed by atoms with van der Waals surface area (Å²) in [5, 5.41) is 9.18. The van der Waals surface area contributed by atoms with Crippen LogP contribution >= 0.6 is 0 Å². The monoisotopic (exact) mass is 410 g/mol. The number of phenols is 1. The maximum atomic E-state index is 12.3. The van der Waals surface area contributed by atoms with Gasteiger partial charge in [-0.15, -0.1) is 0 Å². The summed E-state index contributed by atoms with van der Waals surface area (Å²) < 4.78 is 24.6. The Balaban J connectivity index is 0.00000240. The van der Waals surface area contributed by atoms with Crippen LogP contribution in [0.5, 0.6) is 5.75 Å². The van der Waals surface area contributed by atoms with Gasteiger partial charge in [-0.1, -0.05) is 24.1 Å². The van der Waals surface area contributed by atoms with E-state index in [9.17, 15) is 13.5 Å². The molecule has 0 atom stereocenters. The lowest BCUT2D eigenvalue weighted by Crippen LogP contribution is -2.13.